The molecule has 0 aromatic heterocycles. The topological polar surface area (TPSA) is 96.3 Å². The van der Waals surface area contributed by atoms with Crippen molar-refractivity contribution in [2.45, 2.75) is 4.90 Å². The molecule has 9 heteroatoms. The number of nitriles is 1. The average Bonchev–Trinajstić information content (AvgIpc) is 2.74. The summed E-state index contributed by atoms with van der Waals surface area (Å²) in [6.45, 7) is 0. The maximum absolute atomic E-state index is 12.6. The van der Waals surface area contributed by atoms with E-state index < -0.39 is 16.0 Å². The highest BCUT2D eigenvalue weighted by Crippen LogP contribution is 2.28. The van der Waals surface area contributed by atoms with Crippen molar-refractivity contribution in [2.24, 2.45) is 0 Å². The quantitative estimate of drug-likeness (QED) is 0.298. The second kappa shape index (κ2) is 9.67. The van der Waals surface area contributed by atoms with Crippen molar-refractivity contribution in [3.05, 3.63) is 94.0 Å². The first-order valence-electron chi connectivity index (χ1n) is 8.76. The first kappa shape index (κ1) is 22.4. The monoisotopic (exact) mass is 472 g/mol. The van der Waals surface area contributed by atoms with Crippen molar-refractivity contribution in [3.63, 3.8) is 0 Å². The Balaban J connectivity index is 1.94. The van der Waals surface area contributed by atoms with Crippen molar-refractivity contribution >= 4 is 51.0 Å². The van der Waals surface area contributed by atoms with Crippen LogP contribution in [0.25, 0.3) is 6.08 Å². The lowest BCUT2D eigenvalue weighted by atomic mass is 10.1. The molecule has 0 radical (unpaired) electrons. The van der Waals surface area contributed by atoms with Crippen LogP contribution in [0.1, 0.15) is 5.56 Å². The lowest BCUT2D eigenvalue weighted by molar-refractivity contribution is -0.112. The number of nitrogens with zero attached hydrogens (tertiary/aromatic N) is 1. The average molecular weight is 473 g/mol. The van der Waals surface area contributed by atoms with Gasteiger partial charge in [0, 0.05) is 21.3 Å². The van der Waals surface area contributed by atoms with Gasteiger partial charge in [0.2, 0.25) is 0 Å². The summed E-state index contributed by atoms with van der Waals surface area (Å²) in [5.41, 5.74) is 0.252. The van der Waals surface area contributed by atoms with Crippen LogP contribution in [0.3, 0.4) is 0 Å². The third-order valence-electron chi connectivity index (χ3n) is 3.95. The van der Waals surface area contributed by atoms with Gasteiger partial charge < -0.3 is 9.50 Å². The van der Waals surface area contributed by atoms with Crippen LogP contribution in [0, 0.1) is 11.3 Å². The Labute approximate surface area is 189 Å². The van der Waals surface area contributed by atoms with E-state index in [9.17, 15) is 18.5 Å². The molecule has 0 saturated carbocycles. The highest BCUT2D eigenvalue weighted by Gasteiger charge is 2.19. The van der Waals surface area contributed by atoms with Gasteiger partial charge in [-0.15, -0.1) is 0 Å². The maximum Gasteiger partial charge on any atom is 0.339 e. The van der Waals surface area contributed by atoms with Crippen LogP contribution in [-0.4, -0.2) is 14.3 Å². The number of anilines is 1. The zero-order chi connectivity index (χ0) is 22.4. The van der Waals surface area contributed by atoms with E-state index >= 15 is 0 Å². The summed E-state index contributed by atoms with van der Waals surface area (Å²) in [5.74, 6) is -0.793. The number of carbonyl (C=O) groups is 1. The lowest BCUT2D eigenvalue weighted by Crippen LogP contribution is -2.14. The van der Waals surface area contributed by atoms with E-state index in [1.54, 1.807) is 42.5 Å². The summed E-state index contributed by atoms with van der Waals surface area (Å²) < 4.78 is 30.4. The van der Waals surface area contributed by atoms with Crippen LogP contribution < -0.4 is 9.50 Å². The van der Waals surface area contributed by atoms with E-state index in [0.717, 1.165) is 0 Å². The second-order valence-electron chi connectivity index (χ2n) is 6.17. The third kappa shape index (κ3) is 5.86. The van der Waals surface area contributed by atoms with E-state index in [4.69, 9.17) is 27.4 Å². The van der Waals surface area contributed by atoms with Gasteiger partial charge in [0.25, 0.3) is 5.91 Å². The Morgan fingerprint density at radius 1 is 0.968 bits per heavy atom. The van der Waals surface area contributed by atoms with Gasteiger partial charge in [-0.1, -0.05) is 47.5 Å². The van der Waals surface area contributed by atoms with Crippen molar-refractivity contribution in [2.75, 3.05) is 5.32 Å². The van der Waals surface area contributed by atoms with Crippen LogP contribution in [0.4, 0.5) is 5.69 Å². The third-order valence-corrected chi connectivity index (χ3v) is 5.67. The fraction of sp³-hybridized carbons (Fsp3) is 0. The molecule has 1 N–H and O–H groups in total. The molecule has 3 rings (SSSR count). The van der Waals surface area contributed by atoms with Crippen molar-refractivity contribution < 1.29 is 17.4 Å². The number of rotatable bonds is 6. The molecule has 3 aromatic rings. The number of amides is 1. The minimum absolute atomic E-state index is 0.0425. The molecule has 0 aliphatic rings. The molecular weight excluding hydrogens is 459 g/mol. The summed E-state index contributed by atoms with van der Waals surface area (Å²) in [6.07, 6.45) is 1.20. The SMILES string of the molecule is N#C/C(=C\c1cc(Cl)ccc1OS(=O)(=O)c1ccccc1)C(=O)Nc1cccc(Cl)c1. The van der Waals surface area contributed by atoms with Gasteiger partial charge in [0.05, 0.1) is 0 Å². The van der Waals surface area contributed by atoms with Crippen LogP contribution in [-0.2, 0) is 14.9 Å². The molecule has 156 valence electrons. The van der Waals surface area contributed by atoms with Crippen LogP contribution >= 0.6 is 23.2 Å². The molecule has 0 bridgehead atoms. The Morgan fingerprint density at radius 3 is 2.35 bits per heavy atom. The highest BCUT2D eigenvalue weighted by atomic mass is 35.5. The minimum atomic E-state index is -4.14. The molecule has 0 unspecified atom stereocenters. The first-order valence-corrected chi connectivity index (χ1v) is 10.9. The van der Waals surface area contributed by atoms with E-state index in [1.165, 1.54) is 42.5 Å². The molecule has 1 amide bonds. The van der Waals surface area contributed by atoms with Crippen LogP contribution in [0.2, 0.25) is 10.0 Å². The molecular formula is C22H14Cl2N2O4S. The second-order valence-corrected chi connectivity index (χ2v) is 8.59. The van der Waals surface area contributed by atoms with Crippen molar-refractivity contribution in [1.82, 2.24) is 0 Å². The Bertz CT molecular complexity index is 1300. The maximum atomic E-state index is 12.6. The molecule has 0 aliphatic carbocycles. The molecule has 3 aromatic carbocycles. The summed E-state index contributed by atoms with van der Waals surface area (Å²) in [5, 5.41) is 12.7. The van der Waals surface area contributed by atoms with E-state index in [2.05, 4.69) is 5.32 Å². The van der Waals surface area contributed by atoms with Gasteiger partial charge in [-0.2, -0.15) is 13.7 Å². The zero-order valence-electron chi connectivity index (χ0n) is 15.7. The summed E-state index contributed by atoms with van der Waals surface area (Å²) in [4.78, 5) is 12.5. The molecule has 0 heterocycles. The van der Waals surface area contributed by atoms with Gasteiger partial charge in [0.15, 0.2) is 0 Å². The predicted octanol–water partition coefficient (Wildman–Crippen LogP) is 5.31. The largest absolute Gasteiger partial charge is 0.378 e. The standard InChI is InChI=1S/C22H14Cl2N2O4S/c23-17-5-4-6-19(13-17)26-22(27)16(14-25)11-15-12-18(24)9-10-21(15)30-31(28,29)20-7-2-1-3-8-20/h1-13H,(H,26,27)/b16-11+. The lowest BCUT2D eigenvalue weighted by Gasteiger charge is -2.11. The Morgan fingerprint density at radius 2 is 1.68 bits per heavy atom. The molecule has 31 heavy (non-hydrogen) atoms. The molecule has 0 fully saturated rings. The van der Waals surface area contributed by atoms with E-state index in [-0.39, 0.29) is 26.8 Å². The summed E-state index contributed by atoms with van der Waals surface area (Å²) in [7, 11) is -4.14. The van der Waals surface area contributed by atoms with Crippen molar-refractivity contribution in [3.8, 4) is 11.8 Å². The van der Waals surface area contributed by atoms with Gasteiger partial charge in [-0.25, -0.2) is 0 Å². The smallest absolute Gasteiger partial charge is 0.339 e. The highest BCUT2D eigenvalue weighted by molar-refractivity contribution is 7.87. The van der Waals surface area contributed by atoms with Crippen molar-refractivity contribution in [1.29, 1.82) is 5.26 Å². The zero-order valence-corrected chi connectivity index (χ0v) is 18.1. The Kier molecular flexibility index (Phi) is 6.98. The number of hydrogen-bond donors (Lipinski definition) is 1. The molecule has 0 aliphatic heterocycles. The number of nitrogens with one attached hydrogen (secondary N) is 1. The van der Waals surface area contributed by atoms with Gasteiger partial charge in [0.1, 0.15) is 22.3 Å². The predicted molar refractivity (Wildman–Crippen MR) is 119 cm³/mol. The fourth-order valence-corrected chi connectivity index (χ4v) is 3.88. The fourth-order valence-electron chi connectivity index (χ4n) is 2.53. The first-order chi connectivity index (χ1) is 14.8. The summed E-state index contributed by atoms with van der Waals surface area (Å²) in [6, 6.07) is 20.0. The van der Waals surface area contributed by atoms with E-state index in [1.807, 2.05) is 0 Å². The number of benzene rings is 3. The normalized spacial score (nSPS) is 11.5. The van der Waals surface area contributed by atoms with Gasteiger partial charge >= 0.3 is 10.1 Å². The molecule has 6 nitrogen and oxygen atoms in total. The number of halogens is 2. The Hall–Kier alpha value is -3.31. The molecule has 0 saturated heterocycles. The number of carbonyl (C=O) groups excluding carboxylic acids is 1. The van der Waals surface area contributed by atoms with Crippen LogP contribution in [0.5, 0.6) is 5.75 Å². The van der Waals surface area contributed by atoms with Gasteiger partial charge in [-0.05, 0) is 54.6 Å². The molecule has 0 spiro atoms. The molecule has 0 atom stereocenters. The minimum Gasteiger partial charge on any atom is -0.378 e. The summed E-state index contributed by atoms with van der Waals surface area (Å²) >= 11 is 11.9. The van der Waals surface area contributed by atoms with Crippen LogP contribution in [0.15, 0.2) is 83.3 Å². The van der Waals surface area contributed by atoms with E-state index in [0.29, 0.717) is 10.7 Å². The van der Waals surface area contributed by atoms with Gasteiger partial charge in [-0.3, -0.25) is 4.79 Å². The number of hydrogen-bond acceptors (Lipinski definition) is 5.